The molecule has 0 aliphatic rings. The van der Waals surface area contributed by atoms with Gasteiger partial charge in [-0.25, -0.2) is 15.0 Å². The van der Waals surface area contributed by atoms with Gasteiger partial charge in [-0.05, 0) is 45.3 Å². The lowest BCUT2D eigenvalue weighted by atomic mass is 9.92. The average molecular weight is 718 g/mol. The van der Waals surface area contributed by atoms with Crippen molar-refractivity contribution in [3.05, 3.63) is 188 Å². The van der Waals surface area contributed by atoms with Crippen LogP contribution in [-0.2, 0) is 0 Å². The first-order valence-corrected chi connectivity index (χ1v) is 19.3. The summed E-state index contributed by atoms with van der Waals surface area (Å²) >= 11 is 1.86. The smallest absolute Gasteiger partial charge is 0.160 e. The number of hydrogen-bond donors (Lipinski definition) is 0. The van der Waals surface area contributed by atoms with Gasteiger partial charge < -0.3 is 0 Å². The van der Waals surface area contributed by atoms with Gasteiger partial charge in [-0.3, -0.25) is 0 Å². The van der Waals surface area contributed by atoms with Gasteiger partial charge in [0, 0.05) is 53.4 Å². The molecule has 0 aliphatic heterocycles. The maximum Gasteiger partial charge on any atom is 0.160 e. The third kappa shape index (κ3) is 5.30. The zero-order valence-electron chi connectivity index (χ0n) is 29.6. The number of hydrogen-bond acceptors (Lipinski definition) is 4. The summed E-state index contributed by atoms with van der Waals surface area (Å²) in [6, 6.07) is 66.5. The van der Waals surface area contributed by atoms with Gasteiger partial charge in [0.25, 0.3) is 0 Å². The molecule has 0 radical (unpaired) electrons. The lowest BCUT2D eigenvalue weighted by molar-refractivity contribution is 1.18. The van der Waals surface area contributed by atoms with Crippen LogP contribution in [0.1, 0.15) is 0 Å². The van der Waals surface area contributed by atoms with E-state index in [1.807, 2.05) is 47.7 Å². The van der Waals surface area contributed by atoms with Crippen LogP contribution in [0.4, 0.5) is 0 Å². The summed E-state index contributed by atoms with van der Waals surface area (Å²) in [5.74, 6) is 0.709. The van der Waals surface area contributed by atoms with Gasteiger partial charge in [-0.2, -0.15) is 0 Å². The molecule has 0 unspecified atom stereocenters. The van der Waals surface area contributed by atoms with Crippen molar-refractivity contribution in [2.45, 2.75) is 0 Å². The minimum atomic E-state index is 0.709. The second kappa shape index (κ2) is 12.8. The fourth-order valence-corrected chi connectivity index (χ4v) is 9.28. The van der Waals surface area contributed by atoms with E-state index in [0.29, 0.717) is 5.82 Å². The SMILES string of the molecule is c1ccc(-c2cc(-c3ccc(-c4cccc5c4nc(-c4cc6ccccc6c6ccccc46)c4c6ccccc6sc54)cc3)nc(-c3ccccc3)n2)cc1. The van der Waals surface area contributed by atoms with Crippen LogP contribution in [0.3, 0.4) is 0 Å². The predicted molar refractivity (Wildman–Crippen MR) is 232 cm³/mol. The van der Waals surface area contributed by atoms with E-state index in [4.69, 9.17) is 15.0 Å². The van der Waals surface area contributed by atoms with Crippen molar-refractivity contribution in [1.82, 2.24) is 15.0 Å². The Morgan fingerprint density at radius 1 is 0.364 bits per heavy atom. The molecule has 0 atom stereocenters. The highest BCUT2D eigenvalue weighted by Crippen LogP contribution is 2.46. The molecule has 256 valence electrons. The standard InChI is InChI=1S/C51H31N3S/c1-3-14-33(15-4-1)44-31-45(53-51(52-44)35-16-5-2-6-17-35)34-28-26-32(27-29-34)38-23-13-24-42-48(38)54-49(47-41-22-11-12-25-46(41)55-50(42)47)43-30-36-18-7-8-19-37(36)39-20-9-10-21-40(39)43/h1-31H. The van der Waals surface area contributed by atoms with Crippen molar-refractivity contribution in [2.24, 2.45) is 0 Å². The van der Waals surface area contributed by atoms with Crippen LogP contribution in [0, 0.1) is 0 Å². The Kier molecular flexibility index (Phi) is 7.35. The van der Waals surface area contributed by atoms with Gasteiger partial charge in [0.1, 0.15) is 0 Å². The number of thiophene rings is 1. The first kappa shape index (κ1) is 31.5. The number of para-hydroxylation sites is 1. The van der Waals surface area contributed by atoms with Crippen molar-refractivity contribution in [3.63, 3.8) is 0 Å². The second-order valence-corrected chi connectivity index (χ2v) is 15.0. The molecule has 0 aliphatic carbocycles. The Hall–Kier alpha value is -7.01. The zero-order valence-corrected chi connectivity index (χ0v) is 30.5. The molecule has 0 N–H and O–H groups in total. The number of nitrogens with zero attached hydrogens (tertiary/aromatic N) is 3. The van der Waals surface area contributed by atoms with Crippen LogP contribution in [0.5, 0.6) is 0 Å². The van der Waals surface area contributed by atoms with E-state index in [1.165, 1.54) is 47.1 Å². The largest absolute Gasteiger partial charge is 0.246 e. The third-order valence-electron chi connectivity index (χ3n) is 10.7. The molecule has 3 aromatic heterocycles. The molecule has 11 rings (SSSR count). The fourth-order valence-electron chi connectivity index (χ4n) is 8.05. The molecule has 0 bridgehead atoms. The summed E-state index contributed by atoms with van der Waals surface area (Å²) in [6.45, 7) is 0. The van der Waals surface area contributed by atoms with Gasteiger partial charge in [0.2, 0.25) is 0 Å². The molecule has 8 aromatic carbocycles. The molecular formula is C51H31N3S. The summed E-state index contributed by atoms with van der Waals surface area (Å²) in [5, 5.41) is 8.55. The van der Waals surface area contributed by atoms with Crippen LogP contribution in [0.25, 0.3) is 109 Å². The lowest BCUT2D eigenvalue weighted by Gasteiger charge is -2.15. The summed E-state index contributed by atoms with van der Waals surface area (Å²) in [6.07, 6.45) is 0. The molecule has 3 nitrogen and oxygen atoms in total. The van der Waals surface area contributed by atoms with Crippen LogP contribution in [0.2, 0.25) is 0 Å². The minimum Gasteiger partial charge on any atom is -0.246 e. The highest BCUT2D eigenvalue weighted by Gasteiger charge is 2.21. The average Bonchev–Trinajstić information content (AvgIpc) is 3.66. The summed E-state index contributed by atoms with van der Waals surface area (Å²) in [5.41, 5.74) is 10.2. The van der Waals surface area contributed by atoms with Gasteiger partial charge in [0.05, 0.1) is 22.6 Å². The van der Waals surface area contributed by atoms with Crippen molar-refractivity contribution in [3.8, 4) is 56.3 Å². The Labute approximate surface area is 321 Å². The highest BCUT2D eigenvalue weighted by molar-refractivity contribution is 7.26. The van der Waals surface area contributed by atoms with E-state index in [0.717, 1.165) is 56.0 Å². The third-order valence-corrected chi connectivity index (χ3v) is 11.9. The summed E-state index contributed by atoms with van der Waals surface area (Å²) in [4.78, 5) is 15.8. The van der Waals surface area contributed by atoms with Gasteiger partial charge in [-0.15, -0.1) is 11.3 Å². The normalized spacial score (nSPS) is 11.6. The molecule has 0 spiro atoms. The molecule has 0 saturated heterocycles. The van der Waals surface area contributed by atoms with Crippen molar-refractivity contribution >= 4 is 64.0 Å². The topological polar surface area (TPSA) is 38.7 Å². The van der Waals surface area contributed by atoms with Crippen LogP contribution < -0.4 is 0 Å². The quantitative estimate of drug-likeness (QED) is 0.166. The van der Waals surface area contributed by atoms with E-state index in [1.54, 1.807) is 0 Å². The van der Waals surface area contributed by atoms with E-state index in [9.17, 15) is 0 Å². The maximum absolute atomic E-state index is 5.69. The monoisotopic (exact) mass is 717 g/mol. The Morgan fingerprint density at radius 2 is 0.945 bits per heavy atom. The second-order valence-electron chi connectivity index (χ2n) is 13.9. The lowest BCUT2D eigenvalue weighted by Crippen LogP contribution is -1.96. The first-order valence-electron chi connectivity index (χ1n) is 18.5. The Balaban J connectivity index is 1.11. The molecule has 0 saturated carbocycles. The first-order chi connectivity index (χ1) is 27.3. The highest BCUT2D eigenvalue weighted by atomic mass is 32.1. The van der Waals surface area contributed by atoms with Crippen molar-refractivity contribution < 1.29 is 0 Å². The fraction of sp³-hybridized carbons (Fsp3) is 0. The van der Waals surface area contributed by atoms with Gasteiger partial charge in [-0.1, -0.05) is 170 Å². The van der Waals surface area contributed by atoms with Crippen molar-refractivity contribution in [1.29, 1.82) is 0 Å². The molecule has 0 fully saturated rings. The molecule has 55 heavy (non-hydrogen) atoms. The summed E-state index contributed by atoms with van der Waals surface area (Å²) in [7, 11) is 0. The van der Waals surface area contributed by atoms with Crippen molar-refractivity contribution in [2.75, 3.05) is 0 Å². The van der Waals surface area contributed by atoms with E-state index in [-0.39, 0.29) is 0 Å². The molecular weight excluding hydrogens is 687 g/mol. The van der Waals surface area contributed by atoms with Crippen LogP contribution >= 0.6 is 11.3 Å². The number of pyridine rings is 1. The minimum absolute atomic E-state index is 0.709. The predicted octanol–water partition coefficient (Wildman–Crippen LogP) is 14.0. The van der Waals surface area contributed by atoms with Crippen LogP contribution in [-0.4, -0.2) is 15.0 Å². The Morgan fingerprint density at radius 3 is 1.71 bits per heavy atom. The summed E-state index contributed by atoms with van der Waals surface area (Å²) < 4.78 is 2.53. The van der Waals surface area contributed by atoms with E-state index < -0.39 is 0 Å². The molecule has 3 heterocycles. The van der Waals surface area contributed by atoms with E-state index in [2.05, 4.69) is 152 Å². The van der Waals surface area contributed by atoms with E-state index >= 15 is 0 Å². The number of benzene rings is 8. The molecule has 0 amide bonds. The van der Waals surface area contributed by atoms with Crippen LogP contribution in [0.15, 0.2) is 188 Å². The maximum atomic E-state index is 5.69. The number of fused-ring (bicyclic) bond motifs is 8. The van der Waals surface area contributed by atoms with Gasteiger partial charge in [0.15, 0.2) is 5.82 Å². The Bertz CT molecular complexity index is 3180. The number of rotatable bonds is 5. The number of aromatic nitrogens is 3. The van der Waals surface area contributed by atoms with Gasteiger partial charge >= 0.3 is 0 Å². The molecule has 4 heteroatoms. The zero-order chi connectivity index (χ0) is 36.3. The molecule has 11 aromatic rings.